The van der Waals surface area contributed by atoms with Gasteiger partial charge in [-0.2, -0.15) is 0 Å². The largest absolute Gasteiger partial charge is 0.472 e. The second kappa shape index (κ2) is 46.8. The van der Waals surface area contributed by atoms with Crippen LogP contribution in [0.2, 0.25) is 0 Å². The Bertz CT molecular complexity index is 1330. The van der Waals surface area contributed by atoms with Gasteiger partial charge < -0.3 is 19.8 Å². The van der Waals surface area contributed by atoms with Crippen LogP contribution in [0, 0.1) is 0 Å². The van der Waals surface area contributed by atoms with Gasteiger partial charge in [-0.1, -0.05) is 208 Å². The summed E-state index contributed by atoms with van der Waals surface area (Å²) in [4.78, 5) is 23.2. The average Bonchev–Trinajstić information content (AvgIpc) is 3.26. The molecule has 8 nitrogen and oxygen atoms in total. The fraction of sp³-hybridized carbons (Fsp3) is 0.732. The lowest BCUT2D eigenvalue weighted by molar-refractivity contribution is -0.870. The summed E-state index contributed by atoms with van der Waals surface area (Å²) < 4.78 is 23.6. The van der Waals surface area contributed by atoms with Gasteiger partial charge >= 0.3 is 7.82 Å². The van der Waals surface area contributed by atoms with Gasteiger partial charge in [0.2, 0.25) is 5.91 Å². The number of carbonyl (C=O) groups is 1. The molecule has 0 fully saturated rings. The van der Waals surface area contributed by atoms with Crippen molar-refractivity contribution in [3.05, 3.63) is 85.1 Å². The molecular weight excluding hydrogens is 828 g/mol. The zero-order chi connectivity index (χ0) is 47.8. The third kappa shape index (κ3) is 49.4. The van der Waals surface area contributed by atoms with Crippen molar-refractivity contribution in [2.45, 2.75) is 225 Å². The molecule has 0 aliphatic rings. The van der Waals surface area contributed by atoms with Crippen molar-refractivity contribution in [1.82, 2.24) is 5.32 Å². The zero-order valence-corrected chi connectivity index (χ0v) is 43.6. The first-order valence-corrected chi connectivity index (χ1v) is 28.0. The third-order valence-electron chi connectivity index (χ3n) is 11.3. The molecule has 0 rings (SSSR count). The maximum absolute atomic E-state index is 12.9. The van der Waals surface area contributed by atoms with E-state index in [1.54, 1.807) is 6.08 Å². The van der Waals surface area contributed by atoms with Crippen LogP contribution in [0.4, 0.5) is 0 Å². The van der Waals surface area contributed by atoms with Gasteiger partial charge in [-0.15, -0.1) is 0 Å². The first-order valence-electron chi connectivity index (χ1n) is 26.5. The molecule has 0 aliphatic heterocycles. The summed E-state index contributed by atoms with van der Waals surface area (Å²) in [6.45, 7) is 4.66. The SMILES string of the molecule is CC/C=C\C/C=C\C/C=C\C/C=C\CCCCCCCCCCCCCCC(=O)NC(COP(=O)(O)OCC[N+](C)(C)C)C(O)/C=C/CC/C=C/CC/C=C/CCCCCCCCCC. The minimum absolute atomic E-state index is 0.0497. The summed E-state index contributed by atoms with van der Waals surface area (Å²) in [5.74, 6) is -0.196. The number of amides is 1. The van der Waals surface area contributed by atoms with Gasteiger partial charge in [0, 0.05) is 6.42 Å². The highest BCUT2D eigenvalue weighted by molar-refractivity contribution is 7.47. The van der Waals surface area contributed by atoms with E-state index in [1.165, 1.54) is 122 Å². The van der Waals surface area contributed by atoms with E-state index in [9.17, 15) is 19.4 Å². The lowest BCUT2D eigenvalue weighted by Gasteiger charge is -2.25. The zero-order valence-electron chi connectivity index (χ0n) is 42.7. The van der Waals surface area contributed by atoms with Crippen LogP contribution in [0.25, 0.3) is 0 Å². The van der Waals surface area contributed by atoms with E-state index in [-0.39, 0.29) is 19.1 Å². The number of carbonyl (C=O) groups excluding carboxylic acids is 1. The molecule has 0 radical (unpaired) electrons. The fourth-order valence-electron chi connectivity index (χ4n) is 7.18. The smallest absolute Gasteiger partial charge is 0.387 e. The quantitative estimate of drug-likeness (QED) is 0.0243. The molecule has 0 aromatic heterocycles. The summed E-state index contributed by atoms with van der Waals surface area (Å²) >= 11 is 0. The maximum Gasteiger partial charge on any atom is 0.472 e. The second-order valence-corrected chi connectivity index (χ2v) is 20.3. The van der Waals surface area contributed by atoms with E-state index in [0.717, 1.165) is 70.6 Å². The van der Waals surface area contributed by atoms with Crippen molar-refractivity contribution in [2.75, 3.05) is 40.9 Å². The fourth-order valence-corrected chi connectivity index (χ4v) is 7.92. The molecular formula is C56H102N2O6P+. The number of nitrogens with one attached hydrogen (secondary N) is 1. The summed E-state index contributed by atoms with van der Waals surface area (Å²) in [6, 6.07) is -0.875. The van der Waals surface area contributed by atoms with Gasteiger partial charge in [0.25, 0.3) is 0 Å². The summed E-state index contributed by atoms with van der Waals surface area (Å²) in [6.07, 6.45) is 65.3. The number of nitrogens with zero attached hydrogens (tertiary/aromatic N) is 1. The van der Waals surface area contributed by atoms with E-state index in [4.69, 9.17) is 9.05 Å². The molecule has 65 heavy (non-hydrogen) atoms. The molecule has 0 aromatic rings. The molecule has 9 heteroatoms. The molecule has 3 atom stereocenters. The van der Waals surface area contributed by atoms with E-state index < -0.39 is 20.0 Å². The van der Waals surface area contributed by atoms with E-state index in [0.29, 0.717) is 17.4 Å². The van der Waals surface area contributed by atoms with Gasteiger partial charge in [0.05, 0.1) is 39.9 Å². The van der Waals surface area contributed by atoms with Crippen molar-refractivity contribution < 1.29 is 32.9 Å². The predicted octanol–water partition coefficient (Wildman–Crippen LogP) is 15.7. The number of rotatable bonds is 47. The molecule has 1 amide bonds. The number of aliphatic hydroxyl groups is 1. The second-order valence-electron chi connectivity index (χ2n) is 18.8. The van der Waals surface area contributed by atoms with Crippen molar-refractivity contribution in [2.24, 2.45) is 0 Å². The minimum Gasteiger partial charge on any atom is -0.387 e. The van der Waals surface area contributed by atoms with Gasteiger partial charge in [-0.25, -0.2) is 4.57 Å². The van der Waals surface area contributed by atoms with Gasteiger partial charge in [0.1, 0.15) is 13.2 Å². The summed E-state index contributed by atoms with van der Waals surface area (Å²) in [5.41, 5.74) is 0. The maximum atomic E-state index is 12.9. The minimum atomic E-state index is -4.36. The first kappa shape index (κ1) is 62.7. The van der Waals surface area contributed by atoms with E-state index in [1.807, 2.05) is 27.2 Å². The van der Waals surface area contributed by atoms with Crippen LogP contribution in [0.1, 0.15) is 213 Å². The Morgan fingerprint density at radius 2 is 0.938 bits per heavy atom. The molecule has 0 saturated carbocycles. The molecule has 3 unspecified atom stereocenters. The van der Waals surface area contributed by atoms with Crippen LogP contribution in [0.5, 0.6) is 0 Å². The highest BCUT2D eigenvalue weighted by Gasteiger charge is 2.27. The van der Waals surface area contributed by atoms with Crippen LogP contribution in [0.15, 0.2) is 85.1 Å². The Labute approximate surface area is 401 Å². The van der Waals surface area contributed by atoms with Crippen molar-refractivity contribution in [3.8, 4) is 0 Å². The Kier molecular flexibility index (Phi) is 45.1. The topological polar surface area (TPSA) is 105 Å². The molecule has 0 bridgehead atoms. The Hall–Kier alpha value is -2.32. The monoisotopic (exact) mass is 930 g/mol. The summed E-state index contributed by atoms with van der Waals surface area (Å²) in [7, 11) is 1.54. The van der Waals surface area contributed by atoms with Crippen molar-refractivity contribution in [1.29, 1.82) is 0 Å². The van der Waals surface area contributed by atoms with Gasteiger partial charge in [-0.05, 0) is 83.5 Å². The van der Waals surface area contributed by atoms with Gasteiger partial charge in [0.15, 0.2) is 0 Å². The number of allylic oxidation sites excluding steroid dienone is 13. The number of phosphoric ester groups is 1. The normalized spacial score (nSPS) is 14.8. The first-order chi connectivity index (χ1) is 31.5. The lowest BCUT2D eigenvalue weighted by atomic mass is 10.0. The van der Waals surface area contributed by atoms with Crippen LogP contribution < -0.4 is 5.32 Å². The average molecular weight is 930 g/mol. The third-order valence-corrected chi connectivity index (χ3v) is 12.3. The number of hydrogen-bond donors (Lipinski definition) is 3. The van der Waals surface area contributed by atoms with Crippen LogP contribution >= 0.6 is 7.82 Å². The summed E-state index contributed by atoms with van der Waals surface area (Å²) in [5, 5.41) is 13.9. The lowest BCUT2D eigenvalue weighted by Crippen LogP contribution is -2.45. The standard InChI is InChI=1S/C56H101N2O6P/c1-6-8-10-12-14-16-18-20-22-24-26-27-28-29-30-31-32-34-36-38-40-42-44-46-48-50-56(60)57-54(53-64-65(61,62)63-52-51-58(3,4)5)55(59)49-47-45-43-41-39-37-35-33-25-23-21-19-17-15-13-11-9-7-2/h8,10,14,16,20,22,25-27,33,39,41,47,49,54-55,59H,6-7,9,11-13,15,17-19,21,23-24,28-32,34-38,40,42-46,48,50-53H2,1-5H3,(H-,57,60,61,62)/p+1/b10-8-,16-14-,22-20-,27-26-,33-25+,41-39+,49-47+. The molecule has 0 spiro atoms. The van der Waals surface area contributed by atoms with Crippen LogP contribution in [-0.2, 0) is 18.4 Å². The van der Waals surface area contributed by atoms with E-state index in [2.05, 4.69) is 92.1 Å². The number of phosphoric acid groups is 1. The highest BCUT2D eigenvalue weighted by atomic mass is 31.2. The number of likely N-dealkylation sites (N-methyl/N-ethyl adjacent to an activating group) is 1. The number of hydrogen-bond acceptors (Lipinski definition) is 5. The predicted molar refractivity (Wildman–Crippen MR) is 281 cm³/mol. The molecule has 0 heterocycles. The highest BCUT2D eigenvalue weighted by Crippen LogP contribution is 2.43. The van der Waals surface area contributed by atoms with Crippen LogP contribution in [-0.4, -0.2) is 73.4 Å². The number of aliphatic hydroxyl groups excluding tert-OH is 1. The molecule has 3 N–H and O–H groups in total. The Morgan fingerprint density at radius 1 is 0.538 bits per heavy atom. The van der Waals surface area contributed by atoms with Gasteiger partial charge in [-0.3, -0.25) is 13.8 Å². The number of unbranched alkanes of at least 4 members (excludes halogenated alkanes) is 22. The number of quaternary nitrogens is 1. The van der Waals surface area contributed by atoms with Crippen molar-refractivity contribution >= 4 is 13.7 Å². The Morgan fingerprint density at radius 3 is 1.42 bits per heavy atom. The molecule has 0 aromatic carbocycles. The van der Waals surface area contributed by atoms with Crippen molar-refractivity contribution in [3.63, 3.8) is 0 Å². The molecule has 0 aliphatic carbocycles. The van der Waals surface area contributed by atoms with Crippen LogP contribution in [0.3, 0.4) is 0 Å². The molecule has 376 valence electrons. The van der Waals surface area contributed by atoms with E-state index >= 15 is 0 Å². The molecule has 0 saturated heterocycles. The Balaban J connectivity index is 4.33.